The highest BCUT2D eigenvalue weighted by Gasteiger charge is 2.21. The number of hydrogen-bond acceptors (Lipinski definition) is 1. The Balaban J connectivity index is 2.05. The van der Waals surface area contributed by atoms with E-state index in [0.717, 1.165) is 37.0 Å². The van der Waals surface area contributed by atoms with Crippen LogP contribution in [0.25, 0.3) is 11.0 Å². The third-order valence-electron chi connectivity index (χ3n) is 3.65. The summed E-state index contributed by atoms with van der Waals surface area (Å²) >= 11 is 0. The summed E-state index contributed by atoms with van der Waals surface area (Å²) in [6.07, 6.45) is 2.06. The van der Waals surface area contributed by atoms with Gasteiger partial charge in [0.25, 0.3) is 0 Å². The van der Waals surface area contributed by atoms with Crippen molar-refractivity contribution in [2.45, 2.75) is 18.9 Å². The van der Waals surface area contributed by atoms with Crippen molar-refractivity contribution in [2.75, 3.05) is 13.1 Å². The second-order valence-electron chi connectivity index (χ2n) is 4.80. The first-order valence-electron chi connectivity index (χ1n) is 6.11. The minimum absolute atomic E-state index is 0.0173. The van der Waals surface area contributed by atoms with E-state index >= 15 is 0 Å². The van der Waals surface area contributed by atoms with Gasteiger partial charge in [-0.25, -0.2) is 4.79 Å². The van der Waals surface area contributed by atoms with Crippen LogP contribution in [0.1, 0.15) is 18.9 Å². The first-order valence-corrected chi connectivity index (χ1v) is 6.11. The van der Waals surface area contributed by atoms with Crippen LogP contribution in [0.3, 0.4) is 0 Å². The zero-order valence-corrected chi connectivity index (χ0v) is 9.78. The maximum Gasteiger partial charge on any atom is 0.326 e. The van der Waals surface area contributed by atoms with Gasteiger partial charge in [-0.2, -0.15) is 7.05 Å². The van der Waals surface area contributed by atoms with Crippen LogP contribution in [0, 0.1) is 7.05 Å². The van der Waals surface area contributed by atoms with E-state index in [0.29, 0.717) is 6.04 Å². The third kappa shape index (κ3) is 1.78. The second-order valence-corrected chi connectivity index (χ2v) is 4.80. The number of imidazole rings is 1. The maximum atomic E-state index is 12.0. The Morgan fingerprint density at radius 2 is 2.00 bits per heavy atom. The largest absolute Gasteiger partial charge is 0.468 e. The van der Waals surface area contributed by atoms with Crippen LogP contribution >= 0.6 is 0 Å². The van der Waals surface area contributed by atoms with E-state index in [4.69, 9.17) is 0 Å². The van der Waals surface area contributed by atoms with Gasteiger partial charge in [0, 0.05) is 18.9 Å². The first-order chi connectivity index (χ1) is 8.25. The summed E-state index contributed by atoms with van der Waals surface area (Å²) in [4.78, 5) is 16.2. The van der Waals surface area contributed by atoms with E-state index in [1.807, 2.05) is 28.8 Å². The van der Waals surface area contributed by atoms with E-state index in [1.165, 1.54) is 4.90 Å². The lowest BCUT2D eigenvalue weighted by molar-refractivity contribution is -0.860. The molecular weight excluding hydrogens is 214 g/mol. The highest BCUT2D eigenvalue weighted by Crippen LogP contribution is 2.20. The van der Waals surface area contributed by atoms with Crippen molar-refractivity contribution in [3.05, 3.63) is 41.8 Å². The highest BCUT2D eigenvalue weighted by molar-refractivity contribution is 5.75. The summed E-state index contributed by atoms with van der Waals surface area (Å²) in [5.74, 6) is 0. The fraction of sp³-hybridized carbons (Fsp3) is 0.385. The molecule has 1 aromatic heterocycles. The van der Waals surface area contributed by atoms with Crippen LogP contribution in [-0.4, -0.2) is 22.6 Å². The average molecular weight is 231 g/mol. The molecule has 1 saturated heterocycles. The van der Waals surface area contributed by atoms with Gasteiger partial charge in [-0.05, 0) is 12.1 Å². The number of piperidine rings is 1. The molecule has 4 nitrogen and oxygen atoms in total. The van der Waals surface area contributed by atoms with Crippen LogP contribution in [0.2, 0.25) is 0 Å². The van der Waals surface area contributed by atoms with Gasteiger partial charge in [0.15, 0.2) is 0 Å². The van der Waals surface area contributed by atoms with Crippen molar-refractivity contribution in [3.63, 3.8) is 0 Å². The standard InChI is InChI=1S/C13H17N3O/c1-15-8-6-10(7-9-15)16-12-5-3-2-4-11(12)14-13(16)17/h2-5,10,15H,1,6-9H2,(H,14,17). The first kappa shape index (κ1) is 10.6. The molecule has 2 N–H and O–H groups in total. The van der Waals surface area contributed by atoms with Gasteiger partial charge >= 0.3 is 5.69 Å². The Labute approximate surface area is 99.9 Å². The molecule has 1 aliphatic heterocycles. The topological polar surface area (TPSA) is 42.2 Å². The molecule has 2 heterocycles. The molecule has 0 atom stereocenters. The molecule has 1 aliphatic rings. The minimum Gasteiger partial charge on any atom is -0.468 e. The number of benzene rings is 1. The van der Waals surface area contributed by atoms with Gasteiger partial charge in [0.05, 0.1) is 24.1 Å². The lowest BCUT2D eigenvalue weighted by Crippen LogP contribution is -3.08. The predicted octanol–water partition coefficient (Wildman–Crippen LogP) is 0.341. The molecule has 3 rings (SSSR count). The monoisotopic (exact) mass is 231 g/mol. The molecule has 0 bridgehead atoms. The quantitative estimate of drug-likeness (QED) is 0.683. The zero-order valence-electron chi connectivity index (χ0n) is 9.78. The number of aromatic amines is 1. The smallest absolute Gasteiger partial charge is 0.326 e. The summed E-state index contributed by atoms with van der Waals surface area (Å²) in [7, 11) is 4.02. The van der Waals surface area contributed by atoms with Gasteiger partial charge in [-0.1, -0.05) is 12.1 Å². The van der Waals surface area contributed by atoms with Gasteiger partial charge in [-0.15, -0.1) is 0 Å². The van der Waals surface area contributed by atoms with Crippen LogP contribution in [0.4, 0.5) is 0 Å². The molecule has 1 aromatic carbocycles. The molecular formula is C13H17N3O. The lowest BCUT2D eigenvalue weighted by Gasteiger charge is -2.31. The molecule has 17 heavy (non-hydrogen) atoms. The minimum atomic E-state index is 0.0173. The van der Waals surface area contributed by atoms with Crippen molar-refractivity contribution >= 4 is 11.0 Å². The Kier molecular flexibility index (Phi) is 2.52. The number of aromatic nitrogens is 2. The number of nitrogens with zero attached hydrogens (tertiary/aromatic N) is 1. The highest BCUT2D eigenvalue weighted by atomic mass is 16.1. The SMILES string of the molecule is [CH2-][NH+]1CCC(n2c(=O)[nH]c3ccccc32)CC1. The summed E-state index contributed by atoms with van der Waals surface area (Å²) in [6, 6.07) is 8.22. The average Bonchev–Trinajstić information content (AvgIpc) is 2.66. The van der Waals surface area contributed by atoms with Gasteiger partial charge in [0.2, 0.25) is 0 Å². The number of rotatable bonds is 1. The predicted molar refractivity (Wildman–Crippen MR) is 66.9 cm³/mol. The fourth-order valence-electron chi connectivity index (χ4n) is 2.71. The number of H-pyrrole nitrogens is 1. The molecule has 0 saturated carbocycles. The van der Waals surface area contributed by atoms with E-state index in [1.54, 1.807) is 0 Å². The Bertz CT molecular complexity index is 576. The molecule has 4 heteroatoms. The van der Waals surface area contributed by atoms with E-state index in [-0.39, 0.29) is 5.69 Å². The summed E-state index contributed by atoms with van der Waals surface area (Å²) in [5.41, 5.74) is 1.97. The summed E-state index contributed by atoms with van der Waals surface area (Å²) in [5, 5.41) is 0. The molecule has 90 valence electrons. The Morgan fingerprint density at radius 1 is 1.29 bits per heavy atom. The molecule has 0 aliphatic carbocycles. The van der Waals surface area contributed by atoms with Crippen LogP contribution in [0.5, 0.6) is 0 Å². The normalized spacial score (nSPS) is 25.2. The Morgan fingerprint density at radius 3 is 2.76 bits per heavy atom. The molecule has 0 spiro atoms. The number of fused-ring (bicyclic) bond motifs is 1. The summed E-state index contributed by atoms with van der Waals surface area (Å²) < 4.78 is 1.92. The van der Waals surface area contributed by atoms with Crippen LogP contribution in [-0.2, 0) is 0 Å². The zero-order chi connectivity index (χ0) is 11.8. The molecule has 1 fully saturated rings. The van der Waals surface area contributed by atoms with Crippen molar-refractivity contribution in [3.8, 4) is 0 Å². The Hall–Kier alpha value is -1.55. The van der Waals surface area contributed by atoms with E-state index < -0.39 is 0 Å². The van der Waals surface area contributed by atoms with Crippen LogP contribution in [0.15, 0.2) is 29.1 Å². The van der Waals surface area contributed by atoms with Crippen LogP contribution < -0.4 is 10.6 Å². The second kappa shape index (κ2) is 4.04. The van der Waals surface area contributed by atoms with E-state index in [2.05, 4.69) is 12.0 Å². The van der Waals surface area contributed by atoms with Crippen molar-refractivity contribution in [1.29, 1.82) is 0 Å². The fourth-order valence-corrected chi connectivity index (χ4v) is 2.71. The molecule has 0 radical (unpaired) electrons. The van der Waals surface area contributed by atoms with Crippen molar-refractivity contribution < 1.29 is 4.90 Å². The van der Waals surface area contributed by atoms with Gasteiger partial charge in [0.1, 0.15) is 0 Å². The van der Waals surface area contributed by atoms with Crippen molar-refractivity contribution in [2.24, 2.45) is 0 Å². The lowest BCUT2D eigenvalue weighted by atomic mass is 10.1. The molecule has 2 aromatic rings. The number of nitrogens with one attached hydrogen (secondary N) is 2. The number of para-hydroxylation sites is 2. The molecule has 0 amide bonds. The third-order valence-corrected chi connectivity index (χ3v) is 3.65. The summed E-state index contributed by atoms with van der Waals surface area (Å²) in [6.45, 7) is 2.08. The number of hydrogen-bond donors (Lipinski definition) is 2. The van der Waals surface area contributed by atoms with Gasteiger partial charge < -0.3 is 9.88 Å². The maximum absolute atomic E-state index is 12.0. The van der Waals surface area contributed by atoms with Gasteiger partial charge in [-0.3, -0.25) is 4.57 Å². The number of likely N-dealkylation sites (tertiary alicyclic amines) is 1. The molecule has 0 unspecified atom stereocenters. The van der Waals surface area contributed by atoms with Crippen molar-refractivity contribution in [1.82, 2.24) is 9.55 Å². The van der Waals surface area contributed by atoms with E-state index in [9.17, 15) is 4.79 Å². The number of quaternary nitrogens is 1.